The minimum absolute atomic E-state index is 0.0135. The Bertz CT molecular complexity index is 1090. The van der Waals surface area contributed by atoms with E-state index in [-0.39, 0.29) is 12.2 Å². The number of aryl methyl sites for hydroxylation is 1. The van der Waals surface area contributed by atoms with Crippen molar-refractivity contribution in [3.05, 3.63) is 62.3 Å². The Morgan fingerprint density at radius 1 is 1.25 bits per heavy atom. The maximum atomic E-state index is 12.2. The fourth-order valence-electron chi connectivity index (χ4n) is 2.30. The van der Waals surface area contributed by atoms with Crippen molar-refractivity contribution in [1.82, 2.24) is 14.6 Å². The first-order valence-corrected chi connectivity index (χ1v) is 8.75. The molecule has 120 valence electrons. The molecule has 1 aromatic carbocycles. The molecule has 0 aliphatic rings. The molecule has 0 N–H and O–H groups in total. The minimum Gasteiger partial charge on any atom is -0.454 e. The fraction of sp³-hybridized carbons (Fsp3) is 0.125. The van der Waals surface area contributed by atoms with Gasteiger partial charge in [0.1, 0.15) is 11.5 Å². The van der Waals surface area contributed by atoms with Crippen molar-refractivity contribution in [3.8, 4) is 0 Å². The molecule has 0 aliphatic carbocycles. The van der Waals surface area contributed by atoms with E-state index in [0.717, 1.165) is 10.1 Å². The number of fused-ring (bicyclic) bond motifs is 2. The molecule has 0 amide bonds. The molecule has 0 spiro atoms. The zero-order chi connectivity index (χ0) is 16.7. The summed E-state index contributed by atoms with van der Waals surface area (Å²) in [6.45, 7) is 1.77. The van der Waals surface area contributed by atoms with Crippen LogP contribution in [-0.2, 0) is 11.3 Å². The first kappa shape index (κ1) is 15.0. The van der Waals surface area contributed by atoms with Gasteiger partial charge in [0.15, 0.2) is 5.01 Å². The average molecular weight is 357 g/mol. The molecule has 0 atom stereocenters. The molecule has 3 aromatic heterocycles. The molecule has 0 fully saturated rings. The number of hydrogen-bond donors (Lipinski definition) is 0. The summed E-state index contributed by atoms with van der Waals surface area (Å²) in [7, 11) is 0. The summed E-state index contributed by atoms with van der Waals surface area (Å²) < 4.78 is 7.58. The van der Waals surface area contributed by atoms with Gasteiger partial charge in [-0.05, 0) is 24.4 Å². The van der Waals surface area contributed by atoms with Gasteiger partial charge in [-0.2, -0.15) is 9.61 Å². The number of esters is 1. The van der Waals surface area contributed by atoms with Crippen LogP contribution in [0.4, 0.5) is 0 Å². The van der Waals surface area contributed by atoms with E-state index in [1.165, 1.54) is 33.3 Å². The van der Waals surface area contributed by atoms with Gasteiger partial charge in [-0.25, -0.2) is 9.78 Å². The second-order valence-electron chi connectivity index (χ2n) is 5.15. The van der Waals surface area contributed by atoms with Gasteiger partial charge in [-0.1, -0.05) is 29.5 Å². The van der Waals surface area contributed by atoms with Crippen molar-refractivity contribution >= 4 is 43.7 Å². The zero-order valence-corrected chi connectivity index (χ0v) is 14.2. The Kier molecular flexibility index (Phi) is 3.62. The quantitative estimate of drug-likeness (QED) is 0.527. The van der Waals surface area contributed by atoms with Gasteiger partial charge < -0.3 is 4.74 Å². The zero-order valence-electron chi connectivity index (χ0n) is 12.6. The number of hydrogen-bond acceptors (Lipinski definition) is 7. The largest absolute Gasteiger partial charge is 0.454 e. The highest BCUT2D eigenvalue weighted by Crippen LogP contribution is 2.26. The van der Waals surface area contributed by atoms with Gasteiger partial charge in [0.05, 0.1) is 0 Å². The Balaban J connectivity index is 1.55. The molecule has 4 aromatic rings. The van der Waals surface area contributed by atoms with Crippen LogP contribution in [-0.4, -0.2) is 20.6 Å². The summed E-state index contributed by atoms with van der Waals surface area (Å²) in [5, 5.41) is 5.69. The number of ether oxygens (including phenoxy) is 1. The Morgan fingerprint density at radius 2 is 2.08 bits per heavy atom. The van der Waals surface area contributed by atoms with Crippen molar-refractivity contribution in [1.29, 1.82) is 0 Å². The lowest BCUT2D eigenvalue weighted by molar-refractivity contribution is 0.0477. The van der Waals surface area contributed by atoms with E-state index >= 15 is 0 Å². The van der Waals surface area contributed by atoms with Crippen molar-refractivity contribution in [2.75, 3.05) is 0 Å². The van der Waals surface area contributed by atoms with Crippen molar-refractivity contribution in [2.45, 2.75) is 13.5 Å². The highest BCUT2D eigenvalue weighted by atomic mass is 32.1. The number of carbonyl (C=O) groups excluding carboxylic acids is 1. The topological polar surface area (TPSA) is 73.6 Å². The third-order valence-electron chi connectivity index (χ3n) is 3.37. The third-order valence-corrected chi connectivity index (χ3v) is 5.35. The molecule has 0 saturated carbocycles. The first-order chi connectivity index (χ1) is 11.6. The standard InChI is InChI=1S/C16H11N3O3S2/c1-9-6-14(20)19-16(17-9)24-13(18-19)8-22-15(21)12-7-10-4-2-3-5-11(10)23-12/h2-7H,8H2,1H3. The van der Waals surface area contributed by atoms with Gasteiger partial charge in [0.2, 0.25) is 4.96 Å². The van der Waals surface area contributed by atoms with Crippen molar-refractivity contribution < 1.29 is 9.53 Å². The summed E-state index contributed by atoms with van der Waals surface area (Å²) in [6, 6.07) is 11.0. The maximum Gasteiger partial charge on any atom is 0.348 e. The van der Waals surface area contributed by atoms with Crippen molar-refractivity contribution in [3.63, 3.8) is 0 Å². The van der Waals surface area contributed by atoms with Crippen LogP contribution in [0.2, 0.25) is 0 Å². The van der Waals surface area contributed by atoms with Crippen molar-refractivity contribution in [2.24, 2.45) is 0 Å². The number of nitrogens with zero attached hydrogens (tertiary/aromatic N) is 3. The molecule has 0 bridgehead atoms. The summed E-state index contributed by atoms with van der Waals surface area (Å²) >= 11 is 2.63. The minimum atomic E-state index is -0.396. The second kappa shape index (κ2) is 5.81. The lowest BCUT2D eigenvalue weighted by atomic mass is 10.2. The normalized spacial score (nSPS) is 11.2. The van der Waals surface area contributed by atoms with Crippen LogP contribution in [0.5, 0.6) is 0 Å². The molecule has 0 radical (unpaired) electrons. The smallest absolute Gasteiger partial charge is 0.348 e. The number of benzene rings is 1. The number of thiophene rings is 1. The van der Waals surface area contributed by atoms with Crippen LogP contribution in [0.3, 0.4) is 0 Å². The summed E-state index contributed by atoms with van der Waals surface area (Å²) in [4.78, 5) is 29.3. The molecule has 8 heteroatoms. The van der Waals surface area contributed by atoms with Crippen LogP contribution in [0, 0.1) is 6.92 Å². The predicted molar refractivity (Wildman–Crippen MR) is 92.8 cm³/mol. The predicted octanol–water partition coefficient (Wildman–Crippen LogP) is 3.03. The SMILES string of the molecule is Cc1cc(=O)n2nc(COC(=O)c3cc4ccccc4s3)sc2n1. The van der Waals surface area contributed by atoms with E-state index in [2.05, 4.69) is 10.1 Å². The molecule has 6 nitrogen and oxygen atoms in total. The van der Waals surface area contributed by atoms with Crippen LogP contribution in [0.15, 0.2) is 41.2 Å². The van der Waals surface area contributed by atoms with Gasteiger partial charge >= 0.3 is 5.97 Å². The first-order valence-electron chi connectivity index (χ1n) is 7.12. The van der Waals surface area contributed by atoms with E-state index in [1.54, 1.807) is 6.92 Å². The summed E-state index contributed by atoms with van der Waals surface area (Å²) in [5.74, 6) is -0.396. The molecule has 0 unspecified atom stereocenters. The molecule has 4 rings (SSSR count). The number of rotatable bonds is 3. The van der Waals surface area contributed by atoms with E-state index in [9.17, 15) is 9.59 Å². The highest BCUT2D eigenvalue weighted by Gasteiger charge is 2.14. The van der Waals surface area contributed by atoms with E-state index in [1.807, 2.05) is 30.3 Å². The fourth-order valence-corrected chi connectivity index (χ4v) is 4.11. The van der Waals surface area contributed by atoms with Crippen LogP contribution < -0.4 is 5.56 Å². The molecule has 3 heterocycles. The van der Waals surface area contributed by atoms with Crippen LogP contribution in [0.25, 0.3) is 15.0 Å². The molecule has 0 saturated heterocycles. The van der Waals surface area contributed by atoms with E-state index in [0.29, 0.717) is 20.5 Å². The van der Waals surface area contributed by atoms with Gasteiger partial charge in [-0.3, -0.25) is 4.79 Å². The van der Waals surface area contributed by atoms with Crippen LogP contribution >= 0.6 is 22.7 Å². The molecule has 0 aliphatic heterocycles. The average Bonchev–Trinajstić information content (AvgIpc) is 3.16. The van der Waals surface area contributed by atoms with Gasteiger partial charge in [-0.15, -0.1) is 11.3 Å². The number of aromatic nitrogens is 3. The van der Waals surface area contributed by atoms with Gasteiger partial charge in [0, 0.05) is 16.5 Å². The summed E-state index contributed by atoms with van der Waals surface area (Å²) in [6.07, 6.45) is 0. The van der Waals surface area contributed by atoms with E-state index < -0.39 is 5.97 Å². The van der Waals surface area contributed by atoms with Gasteiger partial charge in [0.25, 0.3) is 5.56 Å². The second-order valence-corrected chi connectivity index (χ2v) is 7.27. The third kappa shape index (κ3) is 2.70. The Morgan fingerprint density at radius 3 is 2.92 bits per heavy atom. The lowest BCUT2D eigenvalue weighted by Gasteiger charge is -1.98. The Labute approximate surface area is 144 Å². The Hall–Kier alpha value is -2.58. The number of carbonyl (C=O) groups is 1. The molecule has 24 heavy (non-hydrogen) atoms. The van der Waals surface area contributed by atoms with E-state index in [4.69, 9.17) is 4.74 Å². The maximum absolute atomic E-state index is 12.2. The lowest BCUT2D eigenvalue weighted by Crippen LogP contribution is -2.14. The monoisotopic (exact) mass is 357 g/mol. The highest BCUT2D eigenvalue weighted by molar-refractivity contribution is 7.20. The molecular formula is C16H11N3O3S2. The summed E-state index contributed by atoms with van der Waals surface area (Å²) in [5.41, 5.74) is 0.397. The van der Waals surface area contributed by atoms with Crippen LogP contribution in [0.1, 0.15) is 20.4 Å². The molecular weight excluding hydrogens is 346 g/mol.